The number of amides is 1. The van der Waals surface area contributed by atoms with Gasteiger partial charge in [-0.05, 0) is 30.5 Å². The summed E-state index contributed by atoms with van der Waals surface area (Å²) in [5, 5.41) is 11.0. The van der Waals surface area contributed by atoms with Crippen molar-refractivity contribution in [3.05, 3.63) is 71.3 Å². The molecule has 1 heterocycles. The molecular weight excluding hydrogens is 354 g/mol. The van der Waals surface area contributed by atoms with E-state index in [9.17, 15) is 14.7 Å². The summed E-state index contributed by atoms with van der Waals surface area (Å²) in [5.41, 5.74) is 1.39. The third-order valence-corrected chi connectivity index (χ3v) is 4.70. The molecule has 0 saturated carbocycles. The molecule has 0 aromatic heterocycles. The molecular formula is C23H25NO4. The average molecular weight is 379 g/mol. The summed E-state index contributed by atoms with van der Waals surface area (Å²) in [6, 6.07) is 15.7. The highest BCUT2D eigenvalue weighted by atomic mass is 16.5. The van der Waals surface area contributed by atoms with Crippen molar-refractivity contribution in [1.29, 1.82) is 0 Å². The number of Topliss-reactive ketones (excluding diaryl/α,β-unsaturated/α-hetero) is 1. The summed E-state index contributed by atoms with van der Waals surface area (Å²) < 4.78 is 5.63. The van der Waals surface area contributed by atoms with Crippen LogP contribution in [0.25, 0.3) is 5.76 Å². The number of carbonyl (C=O) groups is 2. The highest BCUT2D eigenvalue weighted by Crippen LogP contribution is 2.39. The number of hydrogen-bond donors (Lipinski definition) is 1. The van der Waals surface area contributed by atoms with E-state index in [0.717, 1.165) is 18.4 Å². The van der Waals surface area contributed by atoms with Crippen LogP contribution in [-0.2, 0) is 9.59 Å². The second kappa shape index (κ2) is 8.74. The van der Waals surface area contributed by atoms with Crippen molar-refractivity contribution in [3.63, 3.8) is 0 Å². The van der Waals surface area contributed by atoms with Gasteiger partial charge < -0.3 is 14.7 Å². The number of nitrogens with zero attached hydrogens (tertiary/aromatic N) is 1. The van der Waals surface area contributed by atoms with Crippen molar-refractivity contribution in [2.75, 3.05) is 13.2 Å². The maximum Gasteiger partial charge on any atom is 0.295 e. The molecule has 146 valence electrons. The number of aliphatic hydroxyl groups is 1. The van der Waals surface area contributed by atoms with Crippen LogP contribution in [0.1, 0.15) is 43.9 Å². The van der Waals surface area contributed by atoms with E-state index < -0.39 is 17.7 Å². The number of ketones is 1. The first kappa shape index (κ1) is 19.7. The second-order valence-corrected chi connectivity index (χ2v) is 6.78. The lowest BCUT2D eigenvalue weighted by Gasteiger charge is -2.24. The molecule has 3 rings (SSSR count). The van der Waals surface area contributed by atoms with Gasteiger partial charge in [0.25, 0.3) is 11.7 Å². The van der Waals surface area contributed by atoms with Crippen molar-refractivity contribution in [2.24, 2.45) is 0 Å². The van der Waals surface area contributed by atoms with Crippen LogP contribution >= 0.6 is 0 Å². The Morgan fingerprint density at radius 1 is 1.04 bits per heavy atom. The standard InChI is InChI=1S/C23H25NO4/c1-3-13-24-20(16-9-6-5-7-10-16)19(22(26)23(24)27)21(25)17-11-8-12-18(15-17)28-14-4-2/h5-12,15,20,25H,3-4,13-14H2,1-2H3/b21-19-. The molecule has 2 aromatic rings. The number of likely N-dealkylation sites (tertiary alicyclic amines) is 1. The summed E-state index contributed by atoms with van der Waals surface area (Å²) in [6.45, 7) is 4.98. The Morgan fingerprint density at radius 2 is 1.79 bits per heavy atom. The molecule has 0 bridgehead atoms. The van der Waals surface area contributed by atoms with E-state index in [4.69, 9.17) is 4.74 Å². The van der Waals surface area contributed by atoms with Gasteiger partial charge >= 0.3 is 0 Å². The number of aliphatic hydroxyl groups excluding tert-OH is 1. The predicted octanol–water partition coefficient (Wildman–Crippen LogP) is 4.31. The molecule has 1 aliphatic heterocycles. The number of rotatable bonds is 7. The van der Waals surface area contributed by atoms with E-state index in [1.807, 2.05) is 44.2 Å². The summed E-state index contributed by atoms with van der Waals surface area (Å²) >= 11 is 0. The van der Waals surface area contributed by atoms with E-state index in [2.05, 4.69) is 0 Å². The first-order valence-electron chi connectivity index (χ1n) is 9.65. The summed E-state index contributed by atoms with van der Waals surface area (Å²) in [6.07, 6.45) is 1.59. The van der Waals surface area contributed by atoms with Crippen LogP contribution in [0.2, 0.25) is 0 Å². The third kappa shape index (κ3) is 3.79. The van der Waals surface area contributed by atoms with Gasteiger partial charge in [0, 0.05) is 12.1 Å². The molecule has 1 saturated heterocycles. The van der Waals surface area contributed by atoms with Crippen LogP contribution in [0.4, 0.5) is 0 Å². The fraction of sp³-hybridized carbons (Fsp3) is 0.304. The van der Waals surface area contributed by atoms with Gasteiger partial charge in [0.1, 0.15) is 11.5 Å². The Labute approximate surface area is 165 Å². The van der Waals surface area contributed by atoms with Gasteiger partial charge in [0.15, 0.2) is 0 Å². The lowest BCUT2D eigenvalue weighted by atomic mass is 9.95. The van der Waals surface area contributed by atoms with Crippen LogP contribution < -0.4 is 4.74 Å². The molecule has 28 heavy (non-hydrogen) atoms. The van der Waals surface area contributed by atoms with Gasteiger partial charge in [-0.3, -0.25) is 9.59 Å². The van der Waals surface area contributed by atoms with Gasteiger partial charge in [0.05, 0.1) is 18.2 Å². The number of benzene rings is 2. The largest absolute Gasteiger partial charge is 0.507 e. The van der Waals surface area contributed by atoms with E-state index in [-0.39, 0.29) is 11.3 Å². The molecule has 1 N–H and O–H groups in total. The minimum Gasteiger partial charge on any atom is -0.507 e. The Balaban J connectivity index is 2.10. The lowest BCUT2D eigenvalue weighted by Crippen LogP contribution is -2.30. The fourth-order valence-electron chi connectivity index (χ4n) is 3.44. The van der Waals surface area contributed by atoms with E-state index in [1.165, 1.54) is 0 Å². The van der Waals surface area contributed by atoms with E-state index in [1.54, 1.807) is 29.2 Å². The third-order valence-electron chi connectivity index (χ3n) is 4.70. The van der Waals surface area contributed by atoms with Crippen LogP contribution in [0.5, 0.6) is 5.75 Å². The smallest absolute Gasteiger partial charge is 0.295 e. The van der Waals surface area contributed by atoms with Crippen LogP contribution in [0.3, 0.4) is 0 Å². The summed E-state index contributed by atoms with van der Waals surface area (Å²) in [5.74, 6) is -0.784. The zero-order chi connectivity index (χ0) is 20.1. The Hall–Kier alpha value is -3.08. The molecule has 0 spiro atoms. The van der Waals surface area contributed by atoms with Crippen LogP contribution in [-0.4, -0.2) is 34.8 Å². The maximum atomic E-state index is 12.8. The zero-order valence-electron chi connectivity index (χ0n) is 16.2. The highest BCUT2D eigenvalue weighted by molar-refractivity contribution is 6.46. The summed E-state index contributed by atoms with van der Waals surface area (Å²) in [7, 11) is 0. The Kier molecular flexibility index (Phi) is 6.14. The molecule has 1 amide bonds. The van der Waals surface area contributed by atoms with Crippen molar-refractivity contribution in [2.45, 2.75) is 32.7 Å². The van der Waals surface area contributed by atoms with Gasteiger partial charge in [-0.1, -0.05) is 56.3 Å². The molecule has 1 atom stereocenters. The minimum absolute atomic E-state index is 0.122. The normalized spacial score (nSPS) is 18.5. The van der Waals surface area contributed by atoms with Crippen molar-refractivity contribution in [1.82, 2.24) is 4.90 Å². The molecule has 1 aliphatic rings. The summed E-state index contributed by atoms with van der Waals surface area (Å²) in [4.78, 5) is 27.0. The predicted molar refractivity (Wildman–Crippen MR) is 108 cm³/mol. The average Bonchev–Trinajstić information content (AvgIpc) is 2.98. The van der Waals surface area contributed by atoms with Crippen molar-refractivity contribution >= 4 is 17.4 Å². The first-order chi connectivity index (χ1) is 13.6. The molecule has 2 aromatic carbocycles. The van der Waals surface area contributed by atoms with Crippen molar-refractivity contribution < 1.29 is 19.4 Å². The molecule has 0 aliphatic carbocycles. The SMILES string of the molecule is CCCOc1cccc(/C(O)=C2/C(=O)C(=O)N(CCC)C2c2ccccc2)c1. The van der Waals surface area contributed by atoms with Gasteiger partial charge in [-0.15, -0.1) is 0 Å². The van der Waals surface area contributed by atoms with E-state index in [0.29, 0.717) is 24.5 Å². The zero-order valence-corrected chi connectivity index (χ0v) is 16.2. The Morgan fingerprint density at radius 3 is 2.46 bits per heavy atom. The van der Waals surface area contributed by atoms with Gasteiger partial charge in [0.2, 0.25) is 0 Å². The Bertz CT molecular complexity index is 888. The lowest BCUT2D eigenvalue weighted by molar-refractivity contribution is -0.139. The molecule has 0 radical (unpaired) electrons. The number of hydrogen-bond acceptors (Lipinski definition) is 4. The maximum absolute atomic E-state index is 12.8. The molecule has 1 unspecified atom stereocenters. The first-order valence-corrected chi connectivity index (χ1v) is 9.65. The molecule has 5 heteroatoms. The monoisotopic (exact) mass is 379 g/mol. The molecule has 1 fully saturated rings. The van der Waals surface area contributed by atoms with Gasteiger partial charge in [-0.25, -0.2) is 0 Å². The van der Waals surface area contributed by atoms with E-state index >= 15 is 0 Å². The quantitative estimate of drug-likeness (QED) is 0.442. The van der Waals surface area contributed by atoms with Crippen LogP contribution in [0.15, 0.2) is 60.2 Å². The molecule has 5 nitrogen and oxygen atoms in total. The highest BCUT2D eigenvalue weighted by Gasteiger charge is 2.45. The van der Waals surface area contributed by atoms with Crippen molar-refractivity contribution in [3.8, 4) is 5.75 Å². The number of carbonyl (C=O) groups excluding carboxylic acids is 2. The minimum atomic E-state index is -0.653. The number of ether oxygens (including phenoxy) is 1. The fourth-order valence-corrected chi connectivity index (χ4v) is 3.44. The second-order valence-electron chi connectivity index (χ2n) is 6.78. The van der Waals surface area contributed by atoms with Crippen LogP contribution in [0, 0.1) is 0 Å². The van der Waals surface area contributed by atoms with Gasteiger partial charge in [-0.2, -0.15) is 0 Å². The topological polar surface area (TPSA) is 66.8 Å².